The lowest BCUT2D eigenvalue weighted by molar-refractivity contribution is -0.125. The van der Waals surface area contributed by atoms with Crippen LogP contribution < -0.4 is 5.32 Å². The van der Waals surface area contributed by atoms with E-state index in [1.165, 1.54) is 0 Å². The third kappa shape index (κ3) is 3.11. The van der Waals surface area contributed by atoms with Crippen molar-refractivity contribution in [2.24, 2.45) is 0 Å². The first-order chi connectivity index (χ1) is 11.2. The molecule has 2 heterocycles. The number of hydrogen-bond donors (Lipinski definition) is 2. The van der Waals surface area contributed by atoms with Gasteiger partial charge in [0, 0.05) is 37.0 Å². The summed E-state index contributed by atoms with van der Waals surface area (Å²) >= 11 is 0. The highest BCUT2D eigenvalue weighted by molar-refractivity contribution is 6.01. The Morgan fingerprint density at radius 1 is 1.43 bits per heavy atom. The molecule has 120 valence electrons. The maximum atomic E-state index is 12.5. The zero-order valence-corrected chi connectivity index (χ0v) is 13.1. The Balaban J connectivity index is 1.61. The molecular formula is C17H20N4O2. The second-order valence-corrected chi connectivity index (χ2v) is 5.63. The Morgan fingerprint density at radius 3 is 2.96 bits per heavy atom. The van der Waals surface area contributed by atoms with Crippen LogP contribution in [-0.2, 0) is 17.8 Å². The predicted molar refractivity (Wildman–Crippen MR) is 85.7 cm³/mol. The number of aromatic nitrogens is 2. The van der Waals surface area contributed by atoms with Gasteiger partial charge in [-0.2, -0.15) is 0 Å². The molecule has 0 radical (unpaired) electrons. The van der Waals surface area contributed by atoms with E-state index < -0.39 is 6.04 Å². The van der Waals surface area contributed by atoms with E-state index in [1.54, 1.807) is 17.4 Å². The number of aromatic amines is 1. The first-order valence-electron chi connectivity index (χ1n) is 7.84. The minimum Gasteiger partial charge on any atom is -0.354 e. The van der Waals surface area contributed by atoms with E-state index >= 15 is 0 Å². The van der Waals surface area contributed by atoms with Crippen molar-refractivity contribution < 1.29 is 9.59 Å². The van der Waals surface area contributed by atoms with Gasteiger partial charge in [-0.15, -0.1) is 0 Å². The van der Waals surface area contributed by atoms with Crippen LogP contribution in [-0.4, -0.2) is 39.3 Å². The molecule has 0 saturated heterocycles. The number of carbonyl (C=O) groups is 2. The third-order valence-electron chi connectivity index (χ3n) is 4.16. The van der Waals surface area contributed by atoms with Crippen LogP contribution in [0.4, 0.5) is 0 Å². The van der Waals surface area contributed by atoms with E-state index in [1.807, 2.05) is 31.2 Å². The van der Waals surface area contributed by atoms with Crippen LogP contribution in [0.25, 0.3) is 0 Å². The molecule has 23 heavy (non-hydrogen) atoms. The SMILES string of the molecule is CC[C@H](C(=O)NCCc1cnc[nH]1)N1Cc2ccccc2C1=O. The fourth-order valence-electron chi connectivity index (χ4n) is 2.94. The summed E-state index contributed by atoms with van der Waals surface area (Å²) in [6.45, 7) is 2.95. The molecule has 0 fully saturated rings. The quantitative estimate of drug-likeness (QED) is 0.848. The second kappa shape index (κ2) is 6.64. The molecule has 1 aliphatic rings. The van der Waals surface area contributed by atoms with Gasteiger partial charge in [0.15, 0.2) is 0 Å². The first-order valence-corrected chi connectivity index (χ1v) is 7.84. The van der Waals surface area contributed by atoms with E-state index in [2.05, 4.69) is 15.3 Å². The number of carbonyl (C=O) groups excluding carboxylic acids is 2. The van der Waals surface area contributed by atoms with Crippen LogP contribution in [0, 0.1) is 0 Å². The number of amides is 2. The average molecular weight is 312 g/mol. The lowest BCUT2D eigenvalue weighted by atomic mass is 10.1. The lowest BCUT2D eigenvalue weighted by Gasteiger charge is -2.25. The van der Waals surface area contributed by atoms with E-state index in [-0.39, 0.29) is 11.8 Å². The van der Waals surface area contributed by atoms with Gasteiger partial charge in [0.1, 0.15) is 6.04 Å². The molecule has 2 amide bonds. The van der Waals surface area contributed by atoms with Crippen LogP contribution in [0.2, 0.25) is 0 Å². The molecule has 6 nitrogen and oxygen atoms in total. The van der Waals surface area contributed by atoms with Crippen molar-refractivity contribution in [1.82, 2.24) is 20.2 Å². The second-order valence-electron chi connectivity index (χ2n) is 5.63. The highest BCUT2D eigenvalue weighted by Gasteiger charge is 2.34. The molecule has 0 bridgehead atoms. The summed E-state index contributed by atoms with van der Waals surface area (Å²) in [6, 6.07) is 7.10. The predicted octanol–water partition coefficient (Wildman–Crippen LogP) is 1.50. The number of nitrogens with zero attached hydrogens (tertiary/aromatic N) is 2. The van der Waals surface area contributed by atoms with Crippen molar-refractivity contribution in [2.45, 2.75) is 32.4 Å². The molecule has 0 unspecified atom stereocenters. The fraction of sp³-hybridized carbons (Fsp3) is 0.353. The Labute approximate surface area is 134 Å². The highest BCUT2D eigenvalue weighted by atomic mass is 16.2. The lowest BCUT2D eigenvalue weighted by Crippen LogP contribution is -2.47. The monoisotopic (exact) mass is 312 g/mol. The molecule has 3 rings (SSSR count). The van der Waals surface area contributed by atoms with Gasteiger partial charge < -0.3 is 15.2 Å². The van der Waals surface area contributed by atoms with Crippen molar-refractivity contribution in [2.75, 3.05) is 6.54 Å². The number of hydrogen-bond acceptors (Lipinski definition) is 3. The molecule has 1 atom stereocenters. The van der Waals surface area contributed by atoms with Gasteiger partial charge in [-0.05, 0) is 18.1 Å². The van der Waals surface area contributed by atoms with Crippen LogP contribution in [0.3, 0.4) is 0 Å². The molecular weight excluding hydrogens is 292 g/mol. The highest BCUT2D eigenvalue weighted by Crippen LogP contribution is 2.25. The van der Waals surface area contributed by atoms with Crippen LogP contribution >= 0.6 is 0 Å². The number of benzene rings is 1. The van der Waals surface area contributed by atoms with Gasteiger partial charge in [0.05, 0.1) is 6.33 Å². The summed E-state index contributed by atoms with van der Waals surface area (Å²) < 4.78 is 0. The molecule has 0 spiro atoms. The molecule has 2 aromatic rings. The minimum absolute atomic E-state index is 0.0591. The third-order valence-corrected chi connectivity index (χ3v) is 4.16. The fourth-order valence-corrected chi connectivity index (χ4v) is 2.94. The zero-order chi connectivity index (χ0) is 16.2. The smallest absolute Gasteiger partial charge is 0.255 e. The van der Waals surface area contributed by atoms with Gasteiger partial charge in [-0.25, -0.2) is 4.98 Å². The zero-order valence-electron chi connectivity index (χ0n) is 13.1. The van der Waals surface area contributed by atoms with Crippen molar-refractivity contribution in [1.29, 1.82) is 0 Å². The van der Waals surface area contributed by atoms with Gasteiger partial charge in [0.2, 0.25) is 5.91 Å². The number of rotatable bonds is 6. The summed E-state index contributed by atoms with van der Waals surface area (Å²) in [4.78, 5) is 33.6. The largest absolute Gasteiger partial charge is 0.354 e. The molecule has 1 aromatic heterocycles. The average Bonchev–Trinajstić information content (AvgIpc) is 3.18. The van der Waals surface area contributed by atoms with E-state index in [9.17, 15) is 9.59 Å². The van der Waals surface area contributed by atoms with Gasteiger partial charge >= 0.3 is 0 Å². The number of H-pyrrole nitrogens is 1. The molecule has 1 aromatic carbocycles. The number of imidazole rings is 1. The Hall–Kier alpha value is -2.63. The topological polar surface area (TPSA) is 78.1 Å². The Kier molecular flexibility index (Phi) is 4.41. The Bertz CT molecular complexity index is 696. The Morgan fingerprint density at radius 2 is 2.26 bits per heavy atom. The van der Waals surface area contributed by atoms with Gasteiger partial charge in [-0.1, -0.05) is 25.1 Å². The van der Waals surface area contributed by atoms with Crippen LogP contribution in [0.1, 0.15) is 35.0 Å². The van der Waals surface area contributed by atoms with Crippen molar-refractivity contribution >= 4 is 11.8 Å². The maximum absolute atomic E-state index is 12.5. The van der Waals surface area contributed by atoms with E-state index in [0.29, 0.717) is 31.5 Å². The first kappa shape index (κ1) is 15.3. The maximum Gasteiger partial charge on any atom is 0.255 e. The summed E-state index contributed by atoms with van der Waals surface area (Å²) in [7, 11) is 0. The summed E-state index contributed by atoms with van der Waals surface area (Å²) in [5, 5.41) is 2.92. The minimum atomic E-state index is -0.434. The molecule has 2 N–H and O–H groups in total. The number of fused-ring (bicyclic) bond motifs is 1. The summed E-state index contributed by atoms with van der Waals surface area (Å²) in [5.41, 5.74) is 2.67. The molecule has 0 saturated carbocycles. The van der Waals surface area contributed by atoms with E-state index in [4.69, 9.17) is 0 Å². The van der Waals surface area contributed by atoms with Crippen molar-refractivity contribution in [3.63, 3.8) is 0 Å². The summed E-state index contributed by atoms with van der Waals surface area (Å²) in [6.07, 6.45) is 4.64. The van der Waals surface area contributed by atoms with Crippen molar-refractivity contribution in [3.05, 3.63) is 53.6 Å². The van der Waals surface area contributed by atoms with Crippen molar-refractivity contribution in [3.8, 4) is 0 Å². The molecule has 0 aliphatic carbocycles. The van der Waals surface area contributed by atoms with E-state index in [0.717, 1.165) is 11.3 Å². The molecule has 6 heteroatoms. The summed E-state index contributed by atoms with van der Waals surface area (Å²) in [5.74, 6) is -0.163. The van der Waals surface area contributed by atoms with Crippen LogP contribution in [0.15, 0.2) is 36.8 Å². The van der Waals surface area contributed by atoms with Crippen LogP contribution in [0.5, 0.6) is 0 Å². The van der Waals surface area contributed by atoms with Gasteiger partial charge in [-0.3, -0.25) is 9.59 Å². The van der Waals surface area contributed by atoms with Gasteiger partial charge in [0.25, 0.3) is 5.91 Å². The number of nitrogens with one attached hydrogen (secondary N) is 2. The normalized spacial score (nSPS) is 14.7. The standard InChI is InChI=1S/C17H20N4O2/c1-2-15(16(22)19-8-7-13-9-18-11-20-13)21-10-12-5-3-4-6-14(12)17(21)23/h3-6,9,11,15H,2,7-8,10H2,1H3,(H,18,20)(H,19,22)/t15-/m1/s1. The molecule has 1 aliphatic heterocycles.